The zero-order valence-electron chi connectivity index (χ0n) is 14.7. The van der Waals surface area contributed by atoms with E-state index >= 15 is 0 Å². The SMILES string of the molecule is CCN(CC)S(=O)(=O)c1cc(C(=O)Nc2ccc(Br)cn2)ccc1OC. The van der Waals surface area contributed by atoms with Crippen molar-refractivity contribution in [1.29, 1.82) is 0 Å². The molecule has 0 bridgehead atoms. The van der Waals surface area contributed by atoms with E-state index in [1.165, 1.54) is 29.6 Å². The van der Waals surface area contributed by atoms with Gasteiger partial charge in [0.15, 0.2) is 0 Å². The number of methoxy groups -OCH3 is 1. The predicted molar refractivity (Wildman–Crippen MR) is 103 cm³/mol. The van der Waals surface area contributed by atoms with Gasteiger partial charge in [0.2, 0.25) is 10.0 Å². The van der Waals surface area contributed by atoms with Crippen molar-refractivity contribution in [3.05, 3.63) is 46.6 Å². The van der Waals surface area contributed by atoms with Crippen molar-refractivity contribution in [3.63, 3.8) is 0 Å². The molecule has 1 aromatic heterocycles. The Morgan fingerprint density at radius 3 is 2.46 bits per heavy atom. The number of anilines is 1. The first-order chi connectivity index (χ1) is 12.3. The highest BCUT2D eigenvalue weighted by Gasteiger charge is 2.26. The number of amides is 1. The molecule has 2 aromatic rings. The summed E-state index contributed by atoms with van der Waals surface area (Å²) in [7, 11) is -2.38. The monoisotopic (exact) mass is 441 g/mol. The van der Waals surface area contributed by atoms with Crippen LogP contribution in [0, 0.1) is 0 Å². The quantitative estimate of drug-likeness (QED) is 0.712. The lowest BCUT2D eigenvalue weighted by molar-refractivity contribution is 0.102. The lowest BCUT2D eigenvalue weighted by Crippen LogP contribution is -2.31. The number of pyridine rings is 1. The van der Waals surface area contributed by atoms with E-state index in [1.807, 2.05) is 0 Å². The van der Waals surface area contributed by atoms with Gasteiger partial charge in [-0.15, -0.1) is 0 Å². The third kappa shape index (κ3) is 4.40. The Morgan fingerprint density at radius 1 is 1.23 bits per heavy atom. The number of hydrogen-bond acceptors (Lipinski definition) is 5. The maximum Gasteiger partial charge on any atom is 0.256 e. The highest BCUT2D eigenvalue weighted by atomic mass is 79.9. The van der Waals surface area contributed by atoms with E-state index in [0.29, 0.717) is 18.9 Å². The van der Waals surface area contributed by atoms with Crippen LogP contribution in [0.2, 0.25) is 0 Å². The zero-order chi connectivity index (χ0) is 19.3. The summed E-state index contributed by atoms with van der Waals surface area (Å²) in [4.78, 5) is 16.5. The van der Waals surface area contributed by atoms with Gasteiger partial charge < -0.3 is 10.1 Å². The molecule has 0 aliphatic heterocycles. The van der Waals surface area contributed by atoms with Gasteiger partial charge in [-0.25, -0.2) is 13.4 Å². The molecule has 1 N–H and O–H groups in total. The van der Waals surface area contributed by atoms with Crippen LogP contribution in [-0.4, -0.2) is 43.8 Å². The average Bonchev–Trinajstić information content (AvgIpc) is 2.63. The summed E-state index contributed by atoms with van der Waals surface area (Å²) in [5.74, 6) is 0.0934. The summed E-state index contributed by atoms with van der Waals surface area (Å²) >= 11 is 3.27. The zero-order valence-corrected chi connectivity index (χ0v) is 17.1. The minimum Gasteiger partial charge on any atom is -0.495 e. The fraction of sp³-hybridized carbons (Fsp3) is 0.294. The van der Waals surface area contributed by atoms with E-state index in [0.717, 1.165) is 4.47 Å². The number of carbonyl (C=O) groups is 1. The van der Waals surface area contributed by atoms with Gasteiger partial charge in [-0.2, -0.15) is 4.31 Å². The Balaban J connectivity index is 2.39. The second-order valence-corrected chi connectivity index (χ2v) is 8.09. The molecule has 140 valence electrons. The van der Waals surface area contributed by atoms with Gasteiger partial charge in [-0.3, -0.25) is 4.79 Å². The minimum absolute atomic E-state index is 0.0416. The largest absolute Gasteiger partial charge is 0.495 e. The molecule has 7 nitrogen and oxygen atoms in total. The molecule has 0 unspecified atom stereocenters. The van der Waals surface area contributed by atoms with Gasteiger partial charge >= 0.3 is 0 Å². The van der Waals surface area contributed by atoms with Crippen LogP contribution in [0.1, 0.15) is 24.2 Å². The number of hydrogen-bond donors (Lipinski definition) is 1. The summed E-state index contributed by atoms with van der Waals surface area (Å²) in [6.45, 7) is 4.15. The first-order valence-electron chi connectivity index (χ1n) is 7.94. The van der Waals surface area contributed by atoms with Crippen molar-refractivity contribution in [1.82, 2.24) is 9.29 Å². The summed E-state index contributed by atoms with van der Waals surface area (Å²) in [5, 5.41) is 2.64. The van der Waals surface area contributed by atoms with Crippen molar-refractivity contribution in [2.45, 2.75) is 18.7 Å². The lowest BCUT2D eigenvalue weighted by Gasteiger charge is -2.20. The molecule has 26 heavy (non-hydrogen) atoms. The molecule has 9 heteroatoms. The average molecular weight is 442 g/mol. The van der Waals surface area contributed by atoms with E-state index in [-0.39, 0.29) is 16.2 Å². The predicted octanol–water partition coefficient (Wildman–Crippen LogP) is 3.14. The van der Waals surface area contributed by atoms with Crippen LogP contribution in [0.4, 0.5) is 5.82 Å². The number of ether oxygens (including phenoxy) is 1. The first kappa shape index (κ1) is 20.3. The number of nitrogens with one attached hydrogen (secondary N) is 1. The van der Waals surface area contributed by atoms with E-state index < -0.39 is 15.9 Å². The summed E-state index contributed by atoms with van der Waals surface area (Å²) in [6.07, 6.45) is 1.56. The summed E-state index contributed by atoms with van der Waals surface area (Å²) in [6, 6.07) is 7.68. The Bertz CT molecular complexity index is 881. The topological polar surface area (TPSA) is 88.6 Å². The fourth-order valence-corrected chi connectivity index (χ4v) is 4.23. The number of sulfonamides is 1. The van der Waals surface area contributed by atoms with Crippen molar-refractivity contribution in [2.75, 3.05) is 25.5 Å². The molecule has 0 aliphatic rings. The maximum atomic E-state index is 12.8. The van der Waals surface area contributed by atoms with Gasteiger partial charge in [0.25, 0.3) is 5.91 Å². The maximum absolute atomic E-state index is 12.8. The highest BCUT2D eigenvalue weighted by molar-refractivity contribution is 9.10. The van der Waals surface area contributed by atoms with Gasteiger partial charge in [-0.05, 0) is 46.3 Å². The summed E-state index contributed by atoms with van der Waals surface area (Å²) in [5.41, 5.74) is 0.196. The van der Waals surface area contributed by atoms with Crippen LogP contribution in [0.5, 0.6) is 5.75 Å². The Hall–Kier alpha value is -1.97. The molecule has 1 amide bonds. The number of halogens is 1. The van der Waals surface area contributed by atoms with Crippen LogP contribution >= 0.6 is 15.9 Å². The molecule has 0 saturated carbocycles. The van der Waals surface area contributed by atoms with Gasteiger partial charge in [0.1, 0.15) is 16.5 Å². The molecule has 0 aliphatic carbocycles. The second-order valence-electron chi connectivity index (χ2n) is 5.27. The van der Waals surface area contributed by atoms with Gasteiger partial charge in [0, 0.05) is 29.3 Å². The molecule has 1 heterocycles. The molecule has 2 rings (SSSR count). The van der Waals surface area contributed by atoms with Crippen molar-refractivity contribution in [2.24, 2.45) is 0 Å². The molecule has 0 saturated heterocycles. The smallest absolute Gasteiger partial charge is 0.256 e. The number of rotatable bonds is 7. The van der Waals surface area contributed by atoms with Crippen LogP contribution < -0.4 is 10.1 Å². The third-order valence-electron chi connectivity index (χ3n) is 3.72. The van der Waals surface area contributed by atoms with E-state index in [1.54, 1.807) is 32.2 Å². The van der Waals surface area contributed by atoms with Crippen LogP contribution in [0.3, 0.4) is 0 Å². The number of aromatic nitrogens is 1. The van der Waals surface area contributed by atoms with Crippen molar-refractivity contribution in [3.8, 4) is 5.75 Å². The molecular formula is C17H20BrN3O4S. The highest BCUT2D eigenvalue weighted by Crippen LogP contribution is 2.28. The number of nitrogens with zero attached hydrogens (tertiary/aromatic N) is 2. The second kappa shape index (κ2) is 8.61. The minimum atomic E-state index is -3.77. The molecule has 0 spiro atoms. The molecular weight excluding hydrogens is 422 g/mol. The third-order valence-corrected chi connectivity index (χ3v) is 6.26. The van der Waals surface area contributed by atoms with Crippen LogP contribution in [-0.2, 0) is 10.0 Å². The van der Waals surface area contributed by atoms with Crippen LogP contribution in [0.25, 0.3) is 0 Å². The molecule has 0 radical (unpaired) electrons. The van der Waals surface area contributed by atoms with E-state index in [9.17, 15) is 13.2 Å². The molecule has 0 fully saturated rings. The summed E-state index contributed by atoms with van der Waals surface area (Å²) < 4.78 is 33.0. The number of carbonyl (C=O) groups excluding carboxylic acids is 1. The van der Waals surface area contributed by atoms with Gasteiger partial charge in [0.05, 0.1) is 7.11 Å². The normalized spacial score (nSPS) is 11.4. The Labute approximate surface area is 161 Å². The first-order valence-corrected chi connectivity index (χ1v) is 10.2. The Morgan fingerprint density at radius 2 is 1.92 bits per heavy atom. The molecule has 1 aromatic carbocycles. The van der Waals surface area contributed by atoms with Crippen LogP contribution in [0.15, 0.2) is 45.9 Å². The molecule has 0 atom stereocenters. The Kier molecular flexibility index (Phi) is 6.74. The van der Waals surface area contributed by atoms with Crippen molar-refractivity contribution < 1.29 is 17.9 Å². The number of benzene rings is 1. The lowest BCUT2D eigenvalue weighted by atomic mass is 10.2. The van der Waals surface area contributed by atoms with E-state index in [4.69, 9.17) is 4.74 Å². The standard InChI is InChI=1S/C17H20BrN3O4S/c1-4-21(5-2)26(23,24)15-10-12(6-8-14(15)25-3)17(22)20-16-9-7-13(18)11-19-16/h6-11H,4-5H2,1-3H3,(H,19,20,22). The van der Waals surface area contributed by atoms with Gasteiger partial charge in [-0.1, -0.05) is 13.8 Å². The van der Waals surface area contributed by atoms with Crippen molar-refractivity contribution >= 4 is 37.7 Å². The van der Waals surface area contributed by atoms with E-state index in [2.05, 4.69) is 26.2 Å². The fourth-order valence-electron chi connectivity index (χ4n) is 2.36.